The van der Waals surface area contributed by atoms with Crippen molar-refractivity contribution in [1.82, 2.24) is 0 Å². The lowest BCUT2D eigenvalue weighted by Gasteiger charge is -2.06. The molecule has 0 bridgehead atoms. The van der Waals surface area contributed by atoms with Crippen LogP contribution in [0.25, 0.3) is 0 Å². The van der Waals surface area contributed by atoms with Gasteiger partial charge in [0.05, 0.1) is 12.7 Å². The van der Waals surface area contributed by atoms with E-state index in [-0.39, 0.29) is 24.4 Å². The number of halogens is 1. The first-order valence-electron chi connectivity index (χ1n) is 4.56. The molecule has 0 saturated carbocycles. The van der Waals surface area contributed by atoms with Gasteiger partial charge >= 0.3 is 5.97 Å². The highest BCUT2D eigenvalue weighted by atomic mass is 35.5. The van der Waals surface area contributed by atoms with Crippen molar-refractivity contribution in [1.29, 1.82) is 0 Å². The van der Waals surface area contributed by atoms with E-state index in [1.807, 2.05) is 25.1 Å². The van der Waals surface area contributed by atoms with Gasteiger partial charge in [0.1, 0.15) is 0 Å². The van der Waals surface area contributed by atoms with E-state index >= 15 is 0 Å². The number of ether oxygens (including phenoxy) is 1. The van der Waals surface area contributed by atoms with E-state index in [1.54, 1.807) is 6.07 Å². The summed E-state index contributed by atoms with van der Waals surface area (Å²) >= 11 is 0. The van der Waals surface area contributed by atoms with E-state index < -0.39 is 0 Å². The molecular formula is C11H16ClNO2. The van der Waals surface area contributed by atoms with Gasteiger partial charge in [-0.25, -0.2) is 4.79 Å². The smallest absolute Gasteiger partial charge is 0.337 e. The molecule has 1 aromatic rings. The van der Waals surface area contributed by atoms with Crippen LogP contribution in [0.4, 0.5) is 0 Å². The van der Waals surface area contributed by atoms with Gasteiger partial charge in [-0.2, -0.15) is 0 Å². The molecule has 0 amide bonds. The summed E-state index contributed by atoms with van der Waals surface area (Å²) in [6.07, 6.45) is 0.769. The largest absolute Gasteiger partial charge is 0.465 e. The van der Waals surface area contributed by atoms with Crippen LogP contribution < -0.4 is 5.73 Å². The fourth-order valence-electron chi connectivity index (χ4n) is 1.31. The van der Waals surface area contributed by atoms with E-state index in [9.17, 15) is 4.79 Å². The lowest BCUT2D eigenvalue weighted by molar-refractivity contribution is 0.0600. The van der Waals surface area contributed by atoms with Crippen LogP contribution in [0.2, 0.25) is 0 Å². The number of hydrogen-bond acceptors (Lipinski definition) is 3. The lowest BCUT2D eigenvalue weighted by atomic mass is 10.1. The average molecular weight is 230 g/mol. The van der Waals surface area contributed by atoms with Crippen LogP contribution in [0.3, 0.4) is 0 Å². The number of methoxy groups -OCH3 is 1. The number of benzene rings is 1. The maximum absolute atomic E-state index is 11.2. The average Bonchev–Trinajstić information content (AvgIpc) is 2.16. The van der Waals surface area contributed by atoms with Crippen molar-refractivity contribution in [3.05, 3.63) is 35.4 Å². The van der Waals surface area contributed by atoms with Crippen LogP contribution in [0.5, 0.6) is 0 Å². The first kappa shape index (κ1) is 13.9. The zero-order valence-corrected chi connectivity index (χ0v) is 9.71. The minimum atomic E-state index is -0.309. The molecule has 2 N–H and O–H groups in total. The van der Waals surface area contributed by atoms with Crippen LogP contribution in [-0.2, 0) is 11.2 Å². The van der Waals surface area contributed by atoms with Gasteiger partial charge in [-0.05, 0) is 31.0 Å². The summed E-state index contributed by atoms with van der Waals surface area (Å²) in [5.74, 6) is -0.309. The first-order valence-corrected chi connectivity index (χ1v) is 4.56. The van der Waals surface area contributed by atoms with Crippen LogP contribution in [0.15, 0.2) is 24.3 Å². The molecular weight excluding hydrogens is 214 g/mol. The van der Waals surface area contributed by atoms with Gasteiger partial charge in [-0.3, -0.25) is 0 Å². The molecule has 84 valence electrons. The molecule has 0 saturated heterocycles. The van der Waals surface area contributed by atoms with Crippen molar-refractivity contribution in [2.45, 2.75) is 19.4 Å². The summed E-state index contributed by atoms with van der Waals surface area (Å²) < 4.78 is 4.63. The third-order valence-electron chi connectivity index (χ3n) is 1.91. The van der Waals surface area contributed by atoms with Crippen LogP contribution in [-0.4, -0.2) is 19.1 Å². The Kier molecular flexibility index (Phi) is 5.97. The molecule has 1 aromatic carbocycles. The van der Waals surface area contributed by atoms with Gasteiger partial charge in [0.15, 0.2) is 0 Å². The van der Waals surface area contributed by atoms with Crippen LogP contribution in [0.1, 0.15) is 22.8 Å². The molecule has 0 aliphatic carbocycles. The zero-order valence-electron chi connectivity index (χ0n) is 8.90. The van der Waals surface area contributed by atoms with Gasteiger partial charge in [-0.1, -0.05) is 12.1 Å². The molecule has 1 atom stereocenters. The molecule has 0 unspecified atom stereocenters. The first-order chi connectivity index (χ1) is 6.63. The standard InChI is InChI=1S/C11H15NO2.ClH/c1-8(12)6-9-4-3-5-10(7-9)11(13)14-2;/h3-5,7-8H,6,12H2,1-2H3;1H/t8-;/m1./s1. The fraction of sp³-hybridized carbons (Fsp3) is 0.364. The SMILES string of the molecule is COC(=O)c1cccc(C[C@@H](C)N)c1.Cl. The van der Waals surface area contributed by atoms with Crippen molar-refractivity contribution in [2.75, 3.05) is 7.11 Å². The van der Waals surface area contributed by atoms with Gasteiger partial charge in [0.25, 0.3) is 0 Å². The van der Waals surface area contributed by atoms with Crippen molar-refractivity contribution < 1.29 is 9.53 Å². The van der Waals surface area contributed by atoms with Crippen molar-refractivity contribution in [3.8, 4) is 0 Å². The second-order valence-corrected chi connectivity index (χ2v) is 3.37. The molecule has 0 aromatic heterocycles. The zero-order chi connectivity index (χ0) is 10.6. The van der Waals surface area contributed by atoms with E-state index in [4.69, 9.17) is 5.73 Å². The number of hydrogen-bond donors (Lipinski definition) is 1. The van der Waals surface area contributed by atoms with Crippen LogP contribution >= 0.6 is 12.4 Å². The normalized spacial score (nSPS) is 11.4. The van der Waals surface area contributed by atoms with Crippen molar-refractivity contribution in [3.63, 3.8) is 0 Å². The van der Waals surface area contributed by atoms with Crippen molar-refractivity contribution >= 4 is 18.4 Å². The van der Waals surface area contributed by atoms with Gasteiger partial charge < -0.3 is 10.5 Å². The van der Waals surface area contributed by atoms with Gasteiger partial charge in [0, 0.05) is 6.04 Å². The minimum Gasteiger partial charge on any atom is -0.465 e. The van der Waals surface area contributed by atoms with E-state index in [1.165, 1.54) is 7.11 Å². The second kappa shape index (κ2) is 6.43. The minimum absolute atomic E-state index is 0. The Morgan fingerprint density at radius 3 is 2.73 bits per heavy atom. The van der Waals surface area contributed by atoms with E-state index in [0.717, 1.165) is 12.0 Å². The molecule has 4 heteroatoms. The summed E-state index contributed by atoms with van der Waals surface area (Å²) in [7, 11) is 1.38. The number of carbonyl (C=O) groups excluding carboxylic acids is 1. The molecule has 0 heterocycles. The van der Waals surface area contributed by atoms with E-state index in [0.29, 0.717) is 5.56 Å². The van der Waals surface area contributed by atoms with Gasteiger partial charge in [-0.15, -0.1) is 12.4 Å². The summed E-state index contributed by atoms with van der Waals surface area (Å²) in [5.41, 5.74) is 7.30. The summed E-state index contributed by atoms with van der Waals surface area (Å²) in [6, 6.07) is 7.44. The number of carbonyl (C=O) groups is 1. The Bertz CT molecular complexity index is 326. The Labute approximate surface area is 96.0 Å². The van der Waals surface area contributed by atoms with Crippen molar-refractivity contribution in [2.24, 2.45) is 5.73 Å². The Morgan fingerprint density at radius 2 is 2.20 bits per heavy atom. The predicted octanol–water partition coefficient (Wildman–Crippen LogP) is 1.78. The fourth-order valence-corrected chi connectivity index (χ4v) is 1.31. The highest BCUT2D eigenvalue weighted by Crippen LogP contribution is 2.08. The molecule has 0 aliphatic rings. The number of esters is 1. The van der Waals surface area contributed by atoms with Gasteiger partial charge in [0.2, 0.25) is 0 Å². The molecule has 0 radical (unpaired) electrons. The maximum atomic E-state index is 11.2. The number of rotatable bonds is 3. The second-order valence-electron chi connectivity index (χ2n) is 3.37. The Balaban J connectivity index is 0.00000196. The molecule has 0 spiro atoms. The predicted molar refractivity (Wildman–Crippen MR) is 62.4 cm³/mol. The maximum Gasteiger partial charge on any atom is 0.337 e. The molecule has 3 nitrogen and oxygen atoms in total. The highest BCUT2D eigenvalue weighted by Gasteiger charge is 2.06. The summed E-state index contributed by atoms with van der Waals surface area (Å²) in [4.78, 5) is 11.2. The molecule has 1 rings (SSSR count). The Morgan fingerprint density at radius 1 is 1.53 bits per heavy atom. The topological polar surface area (TPSA) is 52.3 Å². The van der Waals surface area contributed by atoms with E-state index in [2.05, 4.69) is 4.74 Å². The summed E-state index contributed by atoms with van der Waals surface area (Å²) in [6.45, 7) is 1.94. The third-order valence-corrected chi connectivity index (χ3v) is 1.91. The summed E-state index contributed by atoms with van der Waals surface area (Å²) in [5, 5.41) is 0. The highest BCUT2D eigenvalue weighted by molar-refractivity contribution is 5.89. The third kappa shape index (κ3) is 4.32. The lowest BCUT2D eigenvalue weighted by Crippen LogP contribution is -2.18. The molecule has 0 fully saturated rings. The van der Waals surface area contributed by atoms with Crippen LogP contribution in [0, 0.1) is 0 Å². The molecule has 15 heavy (non-hydrogen) atoms. The monoisotopic (exact) mass is 229 g/mol. The number of nitrogens with two attached hydrogens (primary N) is 1. The quantitative estimate of drug-likeness (QED) is 0.804. The Hall–Kier alpha value is -1.06. The molecule has 0 aliphatic heterocycles.